The second-order valence-corrected chi connectivity index (χ2v) is 4.45. The van der Waals surface area contributed by atoms with Crippen molar-refractivity contribution in [3.63, 3.8) is 0 Å². The number of aldehydes is 2. The monoisotopic (exact) mass is 200 g/mol. The zero-order valence-electron chi connectivity index (χ0n) is 8.90. The molecule has 0 atom stereocenters. The maximum Gasteiger partial charge on any atom is 0.309 e. The van der Waals surface area contributed by atoms with Crippen molar-refractivity contribution in [3.05, 3.63) is 0 Å². The number of carbonyl (C=O) groups excluding carboxylic acids is 2. The molecule has 0 amide bonds. The predicted octanol–water partition coefficient (Wildman–Crippen LogP) is 1.14. The summed E-state index contributed by atoms with van der Waals surface area (Å²) in [7, 11) is 0. The molecule has 4 heteroatoms. The van der Waals surface area contributed by atoms with Crippen LogP contribution in [0.4, 0.5) is 0 Å². The molecule has 0 radical (unpaired) electrons. The van der Waals surface area contributed by atoms with Gasteiger partial charge in [0.25, 0.3) is 0 Å². The van der Waals surface area contributed by atoms with E-state index >= 15 is 0 Å². The average molecular weight is 200 g/mol. The van der Waals surface area contributed by atoms with E-state index in [1.165, 1.54) is 13.8 Å². The lowest BCUT2D eigenvalue weighted by molar-refractivity contribution is -0.157. The van der Waals surface area contributed by atoms with Gasteiger partial charge in [-0.2, -0.15) is 0 Å². The molecule has 1 N–H and O–H groups in total. The van der Waals surface area contributed by atoms with Crippen molar-refractivity contribution < 1.29 is 19.5 Å². The standard InChI is InChI=1S/C10H16O4/c1-9(2,7(5-11)6-12)10(3,4)8(13)14/h5-7H,1-4H3,(H,13,14). The van der Waals surface area contributed by atoms with E-state index in [1.807, 2.05) is 0 Å². The second kappa shape index (κ2) is 3.90. The fourth-order valence-electron chi connectivity index (χ4n) is 1.06. The average Bonchev–Trinajstić information content (AvgIpc) is 2.05. The van der Waals surface area contributed by atoms with Crippen molar-refractivity contribution in [2.75, 3.05) is 0 Å². The summed E-state index contributed by atoms with van der Waals surface area (Å²) in [6.45, 7) is 6.23. The maximum atomic E-state index is 11.0. The molecule has 0 heterocycles. The Morgan fingerprint density at radius 1 is 1.14 bits per heavy atom. The lowest BCUT2D eigenvalue weighted by atomic mass is 9.62. The molecule has 0 rings (SSSR count). The predicted molar refractivity (Wildman–Crippen MR) is 50.8 cm³/mol. The molecule has 0 aromatic carbocycles. The van der Waals surface area contributed by atoms with E-state index in [9.17, 15) is 14.4 Å². The van der Waals surface area contributed by atoms with Crippen molar-refractivity contribution in [2.24, 2.45) is 16.7 Å². The number of hydrogen-bond donors (Lipinski definition) is 1. The fourth-order valence-corrected chi connectivity index (χ4v) is 1.06. The highest BCUT2D eigenvalue weighted by Gasteiger charge is 2.48. The minimum absolute atomic E-state index is 0.498. The van der Waals surface area contributed by atoms with E-state index in [4.69, 9.17) is 5.11 Å². The molecule has 0 aliphatic carbocycles. The van der Waals surface area contributed by atoms with E-state index in [0.717, 1.165) is 0 Å². The molecule has 0 spiro atoms. The van der Waals surface area contributed by atoms with E-state index in [-0.39, 0.29) is 0 Å². The molecular formula is C10H16O4. The van der Waals surface area contributed by atoms with Gasteiger partial charge in [-0.3, -0.25) is 4.79 Å². The Morgan fingerprint density at radius 2 is 1.50 bits per heavy atom. The lowest BCUT2D eigenvalue weighted by Gasteiger charge is -2.39. The fraction of sp³-hybridized carbons (Fsp3) is 0.700. The van der Waals surface area contributed by atoms with E-state index in [0.29, 0.717) is 12.6 Å². The van der Waals surface area contributed by atoms with Crippen molar-refractivity contribution in [3.8, 4) is 0 Å². The topological polar surface area (TPSA) is 71.4 Å². The molecule has 14 heavy (non-hydrogen) atoms. The Balaban J connectivity index is 5.20. The molecule has 0 saturated carbocycles. The molecule has 0 aromatic rings. The normalized spacial score (nSPS) is 12.6. The van der Waals surface area contributed by atoms with E-state index in [2.05, 4.69) is 0 Å². The van der Waals surface area contributed by atoms with Crippen LogP contribution in [0.25, 0.3) is 0 Å². The van der Waals surface area contributed by atoms with Crippen molar-refractivity contribution in [2.45, 2.75) is 27.7 Å². The number of carbonyl (C=O) groups is 3. The highest BCUT2D eigenvalue weighted by molar-refractivity contribution is 5.82. The molecule has 0 unspecified atom stereocenters. The maximum absolute atomic E-state index is 11.0. The van der Waals surface area contributed by atoms with Gasteiger partial charge in [0.05, 0.1) is 11.3 Å². The van der Waals surface area contributed by atoms with Crippen molar-refractivity contribution in [1.29, 1.82) is 0 Å². The Hall–Kier alpha value is -1.19. The molecule has 4 nitrogen and oxygen atoms in total. The summed E-state index contributed by atoms with van der Waals surface area (Å²) in [5.41, 5.74) is -2.03. The number of hydrogen-bond acceptors (Lipinski definition) is 3. The molecule has 0 aliphatic heterocycles. The smallest absolute Gasteiger partial charge is 0.309 e. The van der Waals surface area contributed by atoms with Gasteiger partial charge in [-0.05, 0) is 19.3 Å². The van der Waals surface area contributed by atoms with Gasteiger partial charge >= 0.3 is 5.97 Å². The van der Waals surface area contributed by atoms with Crippen LogP contribution in [0.5, 0.6) is 0 Å². The zero-order valence-corrected chi connectivity index (χ0v) is 8.90. The van der Waals surface area contributed by atoms with Crippen LogP contribution < -0.4 is 0 Å². The Labute approximate surface area is 83.3 Å². The second-order valence-electron chi connectivity index (χ2n) is 4.45. The first-order chi connectivity index (χ1) is 6.21. The third-order valence-corrected chi connectivity index (χ3v) is 3.27. The molecule has 0 aliphatic rings. The van der Waals surface area contributed by atoms with Crippen molar-refractivity contribution in [1.82, 2.24) is 0 Å². The Morgan fingerprint density at radius 3 is 1.71 bits per heavy atom. The molecule has 0 fully saturated rings. The summed E-state index contributed by atoms with van der Waals surface area (Å²) in [6.07, 6.45) is 0.995. The van der Waals surface area contributed by atoms with Crippen LogP contribution in [0.15, 0.2) is 0 Å². The molecule has 0 aromatic heterocycles. The first-order valence-electron chi connectivity index (χ1n) is 4.35. The minimum atomic E-state index is -1.13. The van der Waals surface area contributed by atoms with Gasteiger partial charge < -0.3 is 14.7 Å². The van der Waals surface area contributed by atoms with Crippen molar-refractivity contribution >= 4 is 18.5 Å². The molecular weight excluding hydrogens is 184 g/mol. The van der Waals surface area contributed by atoms with Crippen LogP contribution in [-0.4, -0.2) is 23.6 Å². The van der Waals surface area contributed by atoms with Gasteiger partial charge in [-0.15, -0.1) is 0 Å². The van der Waals surface area contributed by atoms with Crippen LogP contribution in [-0.2, 0) is 14.4 Å². The van der Waals surface area contributed by atoms with Crippen LogP contribution in [0.3, 0.4) is 0 Å². The van der Waals surface area contributed by atoms with Crippen LogP contribution in [0.1, 0.15) is 27.7 Å². The quantitative estimate of drug-likeness (QED) is 0.533. The molecule has 0 saturated heterocycles. The van der Waals surface area contributed by atoms with E-state index in [1.54, 1.807) is 13.8 Å². The molecule has 80 valence electrons. The SMILES string of the molecule is CC(C)(C(=O)O)C(C)(C)C(C=O)C=O. The summed E-state index contributed by atoms with van der Waals surface area (Å²) in [4.78, 5) is 32.2. The highest BCUT2D eigenvalue weighted by Crippen LogP contribution is 2.43. The Bertz CT molecular complexity index is 245. The van der Waals surface area contributed by atoms with Crippen LogP contribution >= 0.6 is 0 Å². The summed E-state index contributed by atoms with van der Waals surface area (Å²) in [5.74, 6) is -1.91. The molecule has 0 bridgehead atoms. The van der Waals surface area contributed by atoms with Gasteiger partial charge in [-0.25, -0.2) is 0 Å². The van der Waals surface area contributed by atoms with E-state index < -0.39 is 22.7 Å². The zero-order chi connectivity index (χ0) is 11.6. The lowest BCUT2D eigenvalue weighted by Crippen LogP contribution is -2.45. The largest absolute Gasteiger partial charge is 0.481 e. The highest BCUT2D eigenvalue weighted by atomic mass is 16.4. The number of carboxylic acids is 1. The van der Waals surface area contributed by atoms with Gasteiger partial charge in [0.15, 0.2) is 0 Å². The third kappa shape index (κ3) is 1.84. The van der Waals surface area contributed by atoms with Gasteiger partial charge in [0.2, 0.25) is 0 Å². The minimum Gasteiger partial charge on any atom is -0.481 e. The Kier molecular flexibility index (Phi) is 3.57. The number of carboxylic acid groups (broad SMARTS) is 1. The van der Waals surface area contributed by atoms with Gasteiger partial charge in [0, 0.05) is 0 Å². The summed E-state index contributed by atoms with van der Waals surface area (Å²) in [6, 6.07) is 0. The first-order valence-corrected chi connectivity index (χ1v) is 4.35. The van der Waals surface area contributed by atoms with Gasteiger partial charge in [-0.1, -0.05) is 13.8 Å². The van der Waals surface area contributed by atoms with Crippen LogP contribution in [0, 0.1) is 16.7 Å². The summed E-state index contributed by atoms with van der Waals surface area (Å²) in [5, 5.41) is 8.98. The summed E-state index contributed by atoms with van der Waals surface area (Å²) >= 11 is 0. The first kappa shape index (κ1) is 12.8. The number of aliphatic carboxylic acids is 1. The van der Waals surface area contributed by atoms with Gasteiger partial charge in [0.1, 0.15) is 12.6 Å². The summed E-state index contributed by atoms with van der Waals surface area (Å²) < 4.78 is 0. The van der Waals surface area contributed by atoms with Crippen LogP contribution in [0.2, 0.25) is 0 Å². The third-order valence-electron chi connectivity index (χ3n) is 3.27. The number of rotatable bonds is 5.